The Hall–Kier alpha value is -1.94. The van der Waals surface area contributed by atoms with E-state index in [1.807, 2.05) is 11.4 Å². The molecular formula is C19H22ClN3O4S2. The first kappa shape index (κ1) is 21.8. The van der Waals surface area contributed by atoms with Crippen molar-refractivity contribution in [2.45, 2.75) is 17.7 Å². The first-order chi connectivity index (χ1) is 13.9. The van der Waals surface area contributed by atoms with Crippen molar-refractivity contribution >= 4 is 44.8 Å². The summed E-state index contributed by atoms with van der Waals surface area (Å²) >= 11 is 7.19. The summed E-state index contributed by atoms with van der Waals surface area (Å²) in [5.41, 5.74) is 0. The first-order valence-corrected chi connectivity index (χ1v) is 11.9. The Morgan fingerprint density at radius 1 is 1.07 bits per heavy atom. The maximum atomic E-state index is 12.7. The largest absolute Gasteiger partial charge is 0.351 e. The lowest BCUT2D eigenvalue weighted by Gasteiger charge is -2.34. The highest BCUT2D eigenvalue weighted by Gasteiger charge is 2.29. The quantitative estimate of drug-likeness (QED) is 0.649. The monoisotopic (exact) mass is 455 g/mol. The maximum absolute atomic E-state index is 12.7. The van der Waals surface area contributed by atoms with Crippen LogP contribution in [0.3, 0.4) is 0 Å². The molecule has 1 aliphatic rings. The molecule has 0 radical (unpaired) electrons. The minimum atomic E-state index is -3.59. The van der Waals surface area contributed by atoms with Crippen molar-refractivity contribution in [2.24, 2.45) is 0 Å². The molecule has 1 aromatic heterocycles. The number of thiophene rings is 1. The molecule has 0 saturated carbocycles. The highest BCUT2D eigenvalue weighted by atomic mass is 35.5. The number of nitrogens with zero attached hydrogens (tertiary/aromatic N) is 2. The molecule has 0 bridgehead atoms. The molecule has 7 nitrogen and oxygen atoms in total. The molecule has 29 heavy (non-hydrogen) atoms. The molecule has 1 aliphatic heterocycles. The zero-order chi connectivity index (χ0) is 20.9. The fraction of sp³-hybridized carbons (Fsp3) is 0.368. The fourth-order valence-electron chi connectivity index (χ4n) is 3.03. The van der Waals surface area contributed by atoms with Crippen LogP contribution in [0.25, 0.3) is 0 Å². The zero-order valence-electron chi connectivity index (χ0n) is 15.7. The van der Waals surface area contributed by atoms with Crippen molar-refractivity contribution in [3.8, 4) is 0 Å². The Labute approximate surface area is 179 Å². The van der Waals surface area contributed by atoms with Gasteiger partial charge >= 0.3 is 0 Å². The second kappa shape index (κ2) is 9.71. The van der Waals surface area contributed by atoms with Gasteiger partial charge in [-0.15, -0.1) is 11.3 Å². The Balaban J connectivity index is 1.42. The molecule has 0 atom stereocenters. The molecule has 1 saturated heterocycles. The minimum Gasteiger partial charge on any atom is -0.351 e. The Kier molecular flexibility index (Phi) is 7.28. The van der Waals surface area contributed by atoms with Crippen LogP contribution in [-0.4, -0.2) is 62.2 Å². The first-order valence-electron chi connectivity index (χ1n) is 9.23. The van der Waals surface area contributed by atoms with E-state index in [0.29, 0.717) is 42.4 Å². The summed E-state index contributed by atoms with van der Waals surface area (Å²) in [6, 6.07) is 9.63. The van der Waals surface area contributed by atoms with Crippen molar-refractivity contribution in [2.75, 3.05) is 32.7 Å². The van der Waals surface area contributed by atoms with E-state index >= 15 is 0 Å². The van der Waals surface area contributed by atoms with Crippen LogP contribution in [0.4, 0.5) is 0 Å². The number of amides is 2. The summed E-state index contributed by atoms with van der Waals surface area (Å²) in [5.74, 6) is -0.160. The third kappa shape index (κ3) is 5.57. The molecule has 2 amide bonds. The van der Waals surface area contributed by atoms with E-state index in [0.717, 1.165) is 0 Å². The van der Waals surface area contributed by atoms with E-state index < -0.39 is 10.0 Å². The number of rotatable bonds is 7. The summed E-state index contributed by atoms with van der Waals surface area (Å²) in [4.78, 5) is 26.7. The van der Waals surface area contributed by atoms with Crippen molar-refractivity contribution in [1.29, 1.82) is 0 Å². The molecule has 1 fully saturated rings. The number of benzene rings is 1. The van der Waals surface area contributed by atoms with Crippen LogP contribution in [0.2, 0.25) is 5.02 Å². The van der Waals surface area contributed by atoms with Gasteiger partial charge in [0, 0.05) is 44.2 Å². The Morgan fingerprint density at radius 3 is 2.38 bits per heavy atom. The Morgan fingerprint density at radius 2 is 1.76 bits per heavy atom. The highest BCUT2D eigenvalue weighted by Crippen LogP contribution is 2.20. The van der Waals surface area contributed by atoms with Gasteiger partial charge in [0.1, 0.15) is 0 Å². The van der Waals surface area contributed by atoms with Crippen LogP contribution in [-0.2, 0) is 14.8 Å². The number of hydrogen-bond acceptors (Lipinski definition) is 5. The summed E-state index contributed by atoms with van der Waals surface area (Å²) in [7, 11) is -3.59. The van der Waals surface area contributed by atoms with Crippen LogP contribution < -0.4 is 5.32 Å². The second-order valence-corrected chi connectivity index (χ2v) is 9.90. The third-order valence-corrected chi connectivity index (χ3v) is 7.67. The number of carbonyl (C=O) groups is 2. The van der Waals surface area contributed by atoms with Crippen molar-refractivity contribution < 1.29 is 18.0 Å². The van der Waals surface area contributed by atoms with Crippen LogP contribution in [0.1, 0.15) is 22.5 Å². The number of piperazine rings is 1. The molecule has 156 valence electrons. The number of halogens is 1. The summed E-state index contributed by atoms with van der Waals surface area (Å²) < 4.78 is 26.8. The molecule has 0 aliphatic carbocycles. The van der Waals surface area contributed by atoms with Gasteiger partial charge in [-0.2, -0.15) is 4.31 Å². The lowest BCUT2D eigenvalue weighted by atomic mass is 10.2. The minimum absolute atomic E-state index is 0.0288. The molecule has 0 spiro atoms. The van der Waals surface area contributed by atoms with Crippen molar-refractivity contribution in [3.05, 3.63) is 51.7 Å². The standard InChI is InChI=1S/C19H22ClN3O4S2/c20-15-5-7-16(8-6-15)29(26,27)23-12-10-22(11-13-23)18(24)4-1-9-21-19(25)17-3-2-14-28-17/h2-3,5-8,14H,1,4,9-13H2,(H,21,25). The second-order valence-electron chi connectivity index (χ2n) is 6.58. The summed E-state index contributed by atoms with van der Waals surface area (Å²) in [6.45, 7) is 1.64. The van der Waals surface area contributed by atoms with Crippen molar-refractivity contribution in [3.63, 3.8) is 0 Å². The average Bonchev–Trinajstić information content (AvgIpc) is 3.26. The SMILES string of the molecule is O=C(NCCCC(=O)N1CCN(S(=O)(=O)c2ccc(Cl)cc2)CC1)c1cccs1. The van der Waals surface area contributed by atoms with Crippen LogP contribution >= 0.6 is 22.9 Å². The Bertz CT molecular complexity index is 938. The molecule has 1 N–H and O–H groups in total. The topological polar surface area (TPSA) is 86.8 Å². The van der Waals surface area contributed by atoms with Gasteiger partial charge in [-0.25, -0.2) is 8.42 Å². The normalized spacial score (nSPS) is 15.3. The lowest BCUT2D eigenvalue weighted by Crippen LogP contribution is -2.50. The van der Waals surface area contributed by atoms with Gasteiger partial charge in [-0.3, -0.25) is 9.59 Å². The molecule has 1 aromatic carbocycles. The number of carbonyl (C=O) groups excluding carboxylic acids is 2. The van der Waals surface area contributed by atoms with Crippen LogP contribution in [0.5, 0.6) is 0 Å². The van der Waals surface area contributed by atoms with Crippen molar-refractivity contribution in [1.82, 2.24) is 14.5 Å². The van der Waals surface area contributed by atoms with E-state index in [-0.39, 0.29) is 29.8 Å². The molecular weight excluding hydrogens is 434 g/mol. The van der Waals surface area contributed by atoms with Gasteiger partial charge in [-0.05, 0) is 42.1 Å². The van der Waals surface area contributed by atoms with E-state index in [9.17, 15) is 18.0 Å². The predicted molar refractivity (Wildman–Crippen MR) is 113 cm³/mol. The average molecular weight is 456 g/mol. The van der Waals surface area contributed by atoms with Gasteiger partial charge in [0.05, 0.1) is 9.77 Å². The van der Waals surface area contributed by atoms with Gasteiger partial charge in [0.2, 0.25) is 15.9 Å². The summed E-state index contributed by atoms with van der Waals surface area (Å²) in [6.07, 6.45) is 0.855. The molecule has 10 heteroatoms. The van der Waals surface area contributed by atoms with Crippen LogP contribution in [0, 0.1) is 0 Å². The third-order valence-electron chi connectivity index (χ3n) is 4.64. The molecule has 2 aromatic rings. The smallest absolute Gasteiger partial charge is 0.261 e. The van der Waals surface area contributed by atoms with Gasteiger partial charge < -0.3 is 10.2 Å². The van der Waals surface area contributed by atoms with Gasteiger partial charge in [0.15, 0.2) is 0 Å². The highest BCUT2D eigenvalue weighted by molar-refractivity contribution is 7.89. The zero-order valence-corrected chi connectivity index (χ0v) is 18.1. The molecule has 2 heterocycles. The fourth-order valence-corrected chi connectivity index (χ4v) is 5.22. The van der Waals surface area contributed by atoms with E-state index in [1.165, 1.54) is 27.8 Å². The van der Waals surface area contributed by atoms with E-state index in [1.54, 1.807) is 23.1 Å². The molecule has 0 unspecified atom stereocenters. The van der Waals surface area contributed by atoms with E-state index in [2.05, 4.69) is 5.32 Å². The number of hydrogen-bond donors (Lipinski definition) is 1. The van der Waals surface area contributed by atoms with Gasteiger partial charge in [0.25, 0.3) is 5.91 Å². The summed E-state index contributed by atoms with van der Waals surface area (Å²) in [5, 5.41) is 5.11. The van der Waals surface area contributed by atoms with E-state index in [4.69, 9.17) is 11.6 Å². The number of sulfonamides is 1. The van der Waals surface area contributed by atoms with Gasteiger partial charge in [-0.1, -0.05) is 17.7 Å². The maximum Gasteiger partial charge on any atom is 0.261 e. The lowest BCUT2D eigenvalue weighted by molar-refractivity contribution is -0.132. The predicted octanol–water partition coefficient (Wildman–Crippen LogP) is 2.44. The van der Waals surface area contributed by atoms with Crippen LogP contribution in [0.15, 0.2) is 46.7 Å². The molecule has 3 rings (SSSR count). The number of nitrogens with one attached hydrogen (secondary N) is 1.